The molecule has 1 saturated heterocycles. The molecule has 1 fully saturated rings. The maximum atomic E-state index is 13.1. The standard InChI is InChI=1S/C73H103N3O32S4/c1-72(18-23-96-34-39-104-46-43-100-30-27-92-3)65(74(20-25-98-36-41-106-48-45-102-32-29-94-5)59-13-11-55-51-61(109(80,81)82)63(111(86,87)88)53-57(55)70(59)72)9-7-6-8-10-66-73(2,19-24-97-35-40-105-47-44-101-31-28-93-4)71-58-54-64(112(89,90)91)62(110(83,84)85)52-56(58)12-14-60(71)75(66)21-26-99-37-42-107-50-49-103-38-33-95-22-17-69(79)108-76-67(77)15-16-68(76)78/h6-14,51-54H,15-50H2,1-5H3,(H3-,80,81,82,83,84,85,86,87,88,89,90,91)/p+1. The minimum atomic E-state index is -5.31. The molecular formula is C73H104N3O32S4+. The first-order valence-corrected chi connectivity index (χ1v) is 42.0. The zero-order chi connectivity index (χ0) is 81.2. The van der Waals surface area contributed by atoms with Crippen LogP contribution in [0.5, 0.6) is 0 Å². The number of allylic oxidation sites excluding steroid dienone is 6. The van der Waals surface area contributed by atoms with Crippen LogP contribution in [0, 0.1) is 0 Å². The van der Waals surface area contributed by atoms with Crippen LogP contribution in [-0.4, -0.2) is 311 Å². The topological polar surface area (TPSA) is 435 Å². The van der Waals surface area contributed by atoms with Gasteiger partial charge in [0.2, 0.25) is 5.69 Å². The highest BCUT2D eigenvalue weighted by molar-refractivity contribution is 7.89. The SMILES string of the molecule is COCCOCCOCCOCC[N+]1=C(/C=C/C=C/C=C2\N(CCOCCOCCOCCOCCC(=O)ON3C(=O)CCC3=O)c3ccc4cc(S(=O)(=O)O)c(S(=O)(=O)O)cc4c3C2(C)CCOCCOCCOCCOC)C(C)(CCOCCOCCOCCOC)c2c1ccc1cc(S(=O)(=O)O)c(S(=O)(=O)O)cc21. The molecule has 4 aromatic rings. The van der Waals surface area contributed by atoms with Gasteiger partial charge in [0, 0.05) is 88.4 Å². The van der Waals surface area contributed by atoms with Gasteiger partial charge in [-0.2, -0.15) is 38.2 Å². The molecule has 0 radical (unpaired) electrons. The molecule has 0 aliphatic carbocycles. The molecule has 3 heterocycles. The molecule has 2 unspecified atom stereocenters. The molecule has 0 saturated carbocycles. The number of nitrogens with zero attached hydrogens (tertiary/aromatic N) is 3. The summed E-state index contributed by atoms with van der Waals surface area (Å²) in [5.41, 5.74) is 1.11. The number of carbonyl (C=O) groups excluding carboxylic acids is 3. The van der Waals surface area contributed by atoms with Crippen molar-refractivity contribution >= 4 is 96.9 Å². The number of hydrogen-bond donors (Lipinski definition) is 4. The maximum Gasteiger partial charge on any atom is 0.335 e. The van der Waals surface area contributed by atoms with Crippen LogP contribution < -0.4 is 4.90 Å². The Morgan fingerprint density at radius 1 is 0.438 bits per heavy atom. The number of ether oxygens (including phenoxy) is 16. The summed E-state index contributed by atoms with van der Waals surface area (Å²) in [5.74, 6) is -1.96. The number of rotatable bonds is 59. The summed E-state index contributed by atoms with van der Waals surface area (Å²) < 4.78 is 238. The second kappa shape index (κ2) is 46.4. The first-order valence-electron chi connectivity index (χ1n) is 36.3. The lowest BCUT2D eigenvalue weighted by Crippen LogP contribution is -2.33. The van der Waals surface area contributed by atoms with E-state index in [9.17, 15) is 66.3 Å². The Hall–Kier alpha value is -6.30. The fraction of sp³-hybridized carbons (Fsp3) is 0.589. The molecule has 112 heavy (non-hydrogen) atoms. The van der Waals surface area contributed by atoms with E-state index in [1.165, 1.54) is 0 Å². The van der Waals surface area contributed by atoms with Crippen molar-refractivity contribution in [3.05, 3.63) is 95.7 Å². The van der Waals surface area contributed by atoms with E-state index in [0.717, 1.165) is 24.3 Å². The van der Waals surface area contributed by atoms with Crippen LogP contribution in [0.25, 0.3) is 21.5 Å². The summed E-state index contributed by atoms with van der Waals surface area (Å²) in [6, 6.07) is 10.6. The van der Waals surface area contributed by atoms with Gasteiger partial charge >= 0.3 is 5.97 Å². The number of fused-ring (bicyclic) bond motifs is 6. The number of imide groups is 1. The molecule has 0 spiro atoms. The number of carbonyl (C=O) groups is 3. The molecule has 4 N–H and O–H groups in total. The van der Waals surface area contributed by atoms with E-state index in [0.29, 0.717) is 105 Å². The van der Waals surface area contributed by atoms with Crippen molar-refractivity contribution in [3.8, 4) is 0 Å². The van der Waals surface area contributed by atoms with Gasteiger partial charge in [-0.25, -0.2) is 4.79 Å². The van der Waals surface area contributed by atoms with Crippen molar-refractivity contribution in [1.29, 1.82) is 0 Å². The minimum Gasteiger partial charge on any atom is -0.382 e. The molecule has 39 heteroatoms. The summed E-state index contributed by atoms with van der Waals surface area (Å²) in [6.07, 6.45) is 9.16. The summed E-state index contributed by atoms with van der Waals surface area (Å²) in [7, 11) is -16.3. The molecule has 3 aliphatic rings. The van der Waals surface area contributed by atoms with E-state index in [2.05, 4.69) is 0 Å². The normalized spacial score (nSPS) is 17.4. The van der Waals surface area contributed by atoms with Crippen LogP contribution in [0.2, 0.25) is 0 Å². The molecule has 0 bridgehead atoms. The smallest absolute Gasteiger partial charge is 0.335 e. The largest absolute Gasteiger partial charge is 0.382 e. The Morgan fingerprint density at radius 3 is 1.23 bits per heavy atom. The molecule has 35 nitrogen and oxygen atoms in total. The van der Waals surface area contributed by atoms with E-state index in [-0.39, 0.29) is 192 Å². The maximum absolute atomic E-state index is 13.1. The van der Waals surface area contributed by atoms with E-state index in [1.54, 1.807) is 63.8 Å². The minimum absolute atomic E-state index is 0.0242. The van der Waals surface area contributed by atoms with Gasteiger partial charge in [-0.05, 0) is 96.3 Å². The third kappa shape index (κ3) is 27.7. The third-order valence-electron chi connectivity index (χ3n) is 18.1. The van der Waals surface area contributed by atoms with E-state index in [4.69, 9.17) is 80.6 Å². The number of anilines is 1. The highest BCUT2D eigenvalue weighted by atomic mass is 32.2. The van der Waals surface area contributed by atoms with Crippen LogP contribution in [0.4, 0.5) is 11.4 Å². The number of amides is 2. The zero-order valence-electron chi connectivity index (χ0n) is 63.7. The van der Waals surface area contributed by atoms with Gasteiger partial charge in [-0.1, -0.05) is 24.3 Å². The fourth-order valence-corrected chi connectivity index (χ4v) is 16.3. The molecule has 3 aliphatic heterocycles. The van der Waals surface area contributed by atoms with Crippen LogP contribution in [0.1, 0.15) is 57.1 Å². The Morgan fingerprint density at radius 2 is 0.804 bits per heavy atom. The van der Waals surface area contributed by atoms with Gasteiger partial charge in [0.05, 0.1) is 184 Å². The first-order chi connectivity index (χ1) is 53.6. The van der Waals surface area contributed by atoms with Gasteiger partial charge in [0.25, 0.3) is 52.3 Å². The molecule has 2 atom stereocenters. The van der Waals surface area contributed by atoms with Gasteiger partial charge in [-0.15, -0.1) is 5.06 Å². The number of benzene rings is 4. The van der Waals surface area contributed by atoms with Crippen LogP contribution in [0.15, 0.2) is 104 Å². The lowest BCUT2D eigenvalue weighted by atomic mass is 9.75. The predicted molar refractivity (Wildman–Crippen MR) is 403 cm³/mol. The average molecular weight is 1660 g/mol. The highest BCUT2D eigenvalue weighted by Gasteiger charge is 2.50. The summed E-state index contributed by atoms with van der Waals surface area (Å²) in [5, 5.41) is 1.33. The van der Waals surface area contributed by atoms with Gasteiger partial charge < -0.3 is 85.5 Å². The lowest BCUT2D eigenvalue weighted by Gasteiger charge is -2.31. The summed E-state index contributed by atoms with van der Waals surface area (Å²) >= 11 is 0. The first kappa shape index (κ1) is 92.9. The third-order valence-corrected chi connectivity index (χ3v) is 21.9. The van der Waals surface area contributed by atoms with E-state index >= 15 is 0 Å². The van der Waals surface area contributed by atoms with Crippen LogP contribution in [0.3, 0.4) is 0 Å². The average Bonchev–Trinajstić information content (AvgIpc) is 1.54. The molecular weight excluding hydrogens is 1560 g/mol. The quantitative estimate of drug-likeness (QED) is 0.0148. The van der Waals surface area contributed by atoms with Crippen LogP contribution >= 0.6 is 0 Å². The van der Waals surface area contributed by atoms with Crippen molar-refractivity contribution in [3.63, 3.8) is 0 Å². The molecule has 7 rings (SSSR count). The highest BCUT2D eigenvalue weighted by Crippen LogP contribution is 2.54. The van der Waals surface area contributed by atoms with Gasteiger partial charge in [0.1, 0.15) is 26.2 Å². The molecule has 626 valence electrons. The Labute approximate surface area is 653 Å². The summed E-state index contributed by atoms with van der Waals surface area (Å²) in [4.78, 5) is 38.2. The van der Waals surface area contributed by atoms with E-state index in [1.807, 2.05) is 35.5 Å². The molecule has 2 amide bonds. The van der Waals surface area contributed by atoms with Gasteiger partial charge in [0.15, 0.2) is 12.3 Å². The number of hydroxylamine groups is 2. The lowest BCUT2D eigenvalue weighted by molar-refractivity contribution is -0.442. The van der Waals surface area contributed by atoms with Crippen molar-refractivity contribution in [1.82, 2.24) is 5.06 Å². The zero-order valence-corrected chi connectivity index (χ0v) is 66.9. The molecule has 0 aromatic heterocycles. The predicted octanol–water partition coefficient (Wildman–Crippen LogP) is 5.04. The van der Waals surface area contributed by atoms with Gasteiger partial charge in [-0.3, -0.25) is 27.8 Å². The van der Waals surface area contributed by atoms with Crippen molar-refractivity contribution in [2.24, 2.45) is 0 Å². The number of hydrogen-bond acceptors (Lipinski definition) is 29. The Balaban J connectivity index is 1.22. The summed E-state index contributed by atoms with van der Waals surface area (Å²) in [6.45, 7) is 10.9. The molecule has 4 aromatic carbocycles. The fourth-order valence-electron chi connectivity index (χ4n) is 12.7. The van der Waals surface area contributed by atoms with Crippen molar-refractivity contribution in [2.75, 3.05) is 231 Å². The van der Waals surface area contributed by atoms with Crippen LogP contribution in [-0.2, 0) is 146 Å². The second-order valence-corrected chi connectivity index (χ2v) is 31.3. The monoisotopic (exact) mass is 1660 g/mol. The van der Waals surface area contributed by atoms with Crippen molar-refractivity contribution < 1.29 is 151 Å². The van der Waals surface area contributed by atoms with E-state index < -0.39 is 88.7 Å². The second-order valence-electron chi connectivity index (χ2n) is 25.7. The van der Waals surface area contributed by atoms with Crippen molar-refractivity contribution in [2.45, 2.75) is 76.4 Å². The Kier molecular flexibility index (Phi) is 38.5. The Bertz CT molecular complexity index is 4330. The number of methoxy groups -OCH3 is 3.